The van der Waals surface area contributed by atoms with E-state index in [1.807, 2.05) is 72.8 Å². The molecule has 0 spiro atoms. The molecule has 0 fully saturated rings. The summed E-state index contributed by atoms with van der Waals surface area (Å²) in [5, 5.41) is 5.03. The Balaban J connectivity index is 1.52. The van der Waals surface area contributed by atoms with Gasteiger partial charge >= 0.3 is 0 Å². The van der Waals surface area contributed by atoms with Crippen molar-refractivity contribution in [2.45, 2.75) is 17.8 Å². The van der Waals surface area contributed by atoms with Gasteiger partial charge in [0.2, 0.25) is 5.89 Å². The van der Waals surface area contributed by atoms with E-state index in [1.165, 1.54) is 11.8 Å². The summed E-state index contributed by atoms with van der Waals surface area (Å²) in [6, 6.07) is 24.2. The normalized spacial score (nSPS) is 11.0. The maximum Gasteiger partial charge on any atom is 0.266 e. The van der Waals surface area contributed by atoms with E-state index in [2.05, 4.69) is 10.1 Å². The first-order valence-electron chi connectivity index (χ1n) is 9.94. The van der Waals surface area contributed by atoms with Crippen LogP contribution in [0.15, 0.2) is 93.3 Å². The molecule has 5 aromatic rings. The summed E-state index contributed by atoms with van der Waals surface area (Å²) < 4.78 is 12.5. The predicted octanol–water partition coefficient (Wildman–Crippen LogP) is 5.16. The number of aryl methyl sites for hydroxylation is 1. The molecule has 0 radical (unpaired) electrons. The second kappa shape index (κ2) is 8.68. The molecule has 7 nitrogen and oxygen atoms in total. The quantitative estimate of drug-likeness (QED) is 0.265. The molecule has 2 aromatic heterocycles. The van der Waals surface area contributed by atoms with Gasteiger partial charge in [0.25, 0.3) is 5.56 Å². The lowest BCUT2D eigenvalue weighted by Crippen LogP contribution is -2.21. The molecule has 0 atom stereocenters. The van der Waals surface area contributed by atoms with Crippen molar-refractivity contribution in [1.82, 2.24) is 19.7 Å². The lowest BCUT2D eigenvalue weighted by atomic mass is 10.2. The first-order chi connectivity index (χ1) is 15.7. The summed E-state index contributed by atoms with van der Waals surface area (Å²) in [6.45, 7) is 1.74. The maximum absolute atomic E-state index is 13.4. The number of benzene rings is 3. The average molecular weight is 443 g/mol. The van der Waals surface area contributed by atoms with Crippen LogP contribution in [0, 0.1) is 6.92 Å². The van der Waals surface area contributed by atoms with Crippen molar-refractivity contribution in [2.24, 2.45) is 0 Å². The Morgan fingerprint density at radius 3 is 2.38 bits per heavy atom. The number of aromatic nitrogens is 4. The number of ether oxygens (including phenoxy) is 1. The fraction of sp³-hybridized carbons (Fsp3) is 0.0833. The van der Waals surface area contributed by atoms with Gasteiger partial charge in [-0.3, -0.25) is 9.36 Å². The second-order valence-corrected chi connectivity index (χ2v) is 7.92. The van der Waals surface area contributed by atoms with Crippen LogP contribution in [0.3, 0.4) is 0 Å². The smallest absolute Gasteiger partial charge is 0.266 e. The van der Waals surface area contributed by atoms with Crippen LogP contribution in [0.1, 0.15) is 11.7 Å². The Bertz CT molecular complexity index is 1430. The summed E-state index contributed by atoms with van der Waals surface area (Å²) in [6.07, 6.45) is 0. The monoisotopic (exact) mass is 442 g/mol. The number of thioether (sulfide) groups is 1. The van der Waals surface area contributed by atoms with Crippen molar-refractivity contribution in [3.05, 3.63) is 101 Å². The second-order valence-electron chi connectivity index (χ2n) is 6.98. The minimum atomic E-state index is -0.140. The highest BCUT2D eigenvalue weighted by atomic mass is 32.2. The Labute approximate surface area is 187 Å². The van der Waals surface area contributed by atoms with E-state index < -0.39 is 0 Å². The van der Waals surface area contributed by atoms with E-state index in [0.29, 0.717) is 45.0 Å². The molecule has 3 aromatic carbocycles. The number of rotatable bonds is 6. The molecule has 0 bridgehead atoms. The summed E-state index contributed by atoms with van der Waals surface area (Å²) in [7, 11) is 0. The van der Waals surface area contributed by atoms with Gasteiger partial charge in [0.15, 0.2) is 11.0 Å². The zero-order chi connectivity index (χ0) is 21.9. The third kappa shape index (κ3) is 4.13. The van der Waals surface area contributed by atoms with E-state index >= 15 is 0 Å². The lowest BCUT2D eigenvalue weighted by Gasteiger charge is -2.13. The van der Waals surface area contributed by atoms with Gasteiger partial charge in [-0.2, -0.15) is 4.98 Å². The van der Waals surface area contributed by atoms with Gasteiger partial charge < -0.3 is 9.26 Å². The molecule has 5 rings (SSSR count). The number of para-hydroxylation sites is 2. The van der Waals surface area contributed by atoms with Crippen LogP contribution in [0.5, 0.6) is 11.5 Å². The van der Waals surface area contributed by atoms with Gasteiger partial charge in [0, 0.05) is 6.92 Å². The molecule has 32 heavy (non-hydrogen) atoms. The molecule has 0 N–H and O–H groups in total. The summed E-state index contributed by atoms with van der Waals surface area (Å²) >= 11 is 1.38. The number of hydrogen-bond acceptors (Lipinski definition) is 7. The zero-order valence-corrected chi connectivity index (χ0v) is 18.0. The lowest BCUT2D eigenvalue weighted by molar-refractivity contribution is 0.389. The molecular formula is C24H18N4O3S. The van der Waals surface area contributed by atoms with Crippen molar-refractivity contribution in [3.8, 4) is 17.2 Å². The molecule has 0 aliphatic heterocycles. The van der Waals surface area contributed by atoms with Gasteiger partial charge in [0.05, 0.1) is 22.3 Å². The standard InChI is InChI=1S/C24H18N4O3S/c1-16-25-22(27-31-16)15-32-24-26-21-10-6-5-9-20(21)23(29)28(24)17-11-13-19(14-12-17)30-18-7-3-2-4-8-18/h2-14H,15H2,1H3. The van der Waals surface area contributed by atoms with Crippen molar-refractivity contribution >= 4 is 22.7 Å². The van der Waals surface area contributed by atoms with Crippen molar-refractivity contribution in [1.29, 1.82) is 0 Å². The van der Waals surface area contributed by atoms with E-state index in [1.54, 1.807) is 17.6 Å². The van der Waals surface area contributed by atoms with Gasteiger partial charge in [0.1, 0.15) is 11.5 Å². The van der Waals surface area contributed by atoms with Crippen molar-refractivity contribution < 1.29 is 9.26 Å². The molecule has 0 unspecified atom stereocenters. The third-order valence-corrected chi connectivity index (χ3v) is 5.65. The van der Waals surface area contributed by atoms with Gasteiger partial charge in [-0.05, 0) is 48.5 Å². The van der Waals surface area contributed by atoms with Gasteiger partial charge in [-0.15, -0.1) is 0 Å². The number of hydrogen-bond donors (Lipinski definition) is 0. The number of nitrogens with zero attached hydrogens (tertiary/aromatic N) is 4. The zero-order valence-electron chi connectivity index (χ0n) is 17.1. The Morgan fingerprint density at radius 2 is 1.62 bits per heavy atom. The fourth-order valence-electron chi connectivity index (χ4n) is 3.25. The molecule has 8 heteroatoms. The van der Waals surface area contributed by atoms with Crippen LogP contribution in [0.4, 0.5) is 0 Å². The average Bonchev–Trinajstić information content (AvgIpc) is 3.24. The molecule has 158 valence electrons. The van der Waals surface area contributed by atoms with E-state index in [-0.39, 0.29) is 5.56 Å². The Kier molecular flexibility index (Phi) is 5.43. The SMILES string of the molecule is Cc1nc(CSc2nc3ccccc3c(=O)n2-c2ccc(Oc3ccccc3)cc2)no1. The molecule has 0 saturated carbocycles. The number of fused-ring (bicyclic) bond motifs is 1. The summed E-state index contributed by atoms with van der Waals surface area (Å²) in [5.74, 6) is 2.90. The van der Waals surface area contributed by atoms with Crippen LogP contribution >= 0.6 is 11.8 Å². The van der Waals surface area contributed by atoms with E-state index in [9.17, 15) is 4.79 Å². The van der Waals surface area contributed by atoms with Crippen molar-refractivity contribution in [2.75, 3.05) is 0 Å². The van der Waals surface area contributed by atoms with Crippen LogP contribution in [0.2, 0.25) is 0 Å². The summed E-state index contributed by atoms with van der Waals surface area (Å²) in [4.78, 5) is 22.3. The molecular weight excluding hydrogens is 424 g/mol. The highest BCUT2D eigenvalue weighted by Gasteiger charge is 2.15. The van der Waals surface area contributed by atoms with Crippen LogP contribution in [-0.4, -0.2) is 19.7 Å². The maximum atomic E-state index is 13.4. The summed E-state index contributed by atoms with van der Waals surface area (Å²) in [5.41, 5.74) is 1.20. The van der Waals surface area contributed by atoms with E-state index in [4.69, 9.17) is 14.2 Å². The van der Waals surface area contributed by atoms with Crippen LogP contribution in [0.25, 0.3) is 16.6 Å². The minimum absolute atomic E-state index is 0.140. The van der Waals surface area contributed by atoms with E-state index in [0.717, 1.165) is 5.75 Å². The first kappa shape index (κ1) is 20.0. The van der Waals surface area contributed by atoms with Crippen LogP contribution in [-0.2, 0) is 5.75 Å². The Hall–Kier alpha value is -3.91. The molecule has 2 heterocycles. The predicted molar refractivity (Wildman–Crippen MR) is 122 cm³/mol. The fourth-order valence-corrected chi connectivity index (χ4v) is 4.11. The highest BCUT2D eigenvalue weighted by Crippen LogP contribution is 2.26. The Morgan fingerprint density at radius 1 is 0.906 bits per heavy atom. The molecule has 0 saturated heterocycles. The molecule has 0 aliphatic rings. The largest absolute Gasteiger partial charge is 0.457 e. The molecule has 0 aliphatic carbocycles. The highest BCUT2D eigenvalue weighted by molar-refractivity contribution is 7.98. The molecule has 0 amide bonds. The first-order valence-corrected chi connectivity index (χ1v) is 10.9. The van der Waals surface area contributed by atoms with Crippen molar-refractivity contribution in [3.63, 3.8) is 0 Å². The van der Waals surface area contributed by atoms with Gasteiger partial charge in [-0.1, -0.05) is 47.3 Å². The van der Waals surface area contributed by atoms with Crippen LogP contribution < -0.4 is 10.3 Å². The topological polar surface area (TPSA) is 83.0 Å². The third-order valence-electron chi connectivity index (χ3n) is 4.72. The van der Waals surface area contributed by atoms with Gasteiger partial charge in [-0.25, -0.2) is 4.98 Å². The minimum Gasteiger partial charge on any atom is -0.457 e.